The number of imidazole rings is 1. The quantitative estimate of drug-likeness (QED) is 0.120. The molecule has 3 aromatic rings. The highest BCUT2D eigenvalue weighted by molar-refractivity contribution is 7.52. The van der Waals surface area contributed by atoms with Crippen molar-refractivity contribution in [3.05, 3.63) is 52.6 Å². The van der Waals surface area contributed by atoms with E-state index < -0.39 is 42.1 Å². The van der Waals surface area contributed by atoms with Gasteiger partial charge in [0, 0.05) is 6.20 Å². The average Bonchev–Trinajstić information content (AvgIpc) is 3.56. The van der Waals surface area contributed by atoms with Gasteiger partial charge < -0.3 is 19.7 Å². The molecule has 4 rings (SSSR count). The van der Waals surface area contributed by atoms with Crippen LogP contribution in [-0.4, -0.2) is 57.3 Å². The number of nitrogen functional groups attached to an aromatic ring is 1. The van der Waals surface area contributed by atoms with Crippen molar-refractivity contribution in [1.82, 2.24) is 24.6 Å². The van der Waals surface area contributed by atoms with Crippen LogP contribution in [0.5, 0.6) is 5.75 Å². The number of anilines is 1. The highest BCUT2D eigenvalue weighted by atomic mass is 31.2. The van der Waals surface area contributed by atoms with Gasteiger partial charge in [-0.15, -0.1) is 0 Å². The van der Waals surface area contributed by atoms with Crippen LogP contribution >= 0.6 is 7.75 Å². The van der Waals surface area contributed by atoms with Gasteiger partial charge >= 0.3 is 19.7 Å². The Morgan fingerprint density at radius 2 is 1.83 bits per heavy atom. The molecule has 0 aliphatic heterocycles. The second-order valence-corrected chi connectivity index (χ2v) is 15.0. The van der Waals surface area contributed by atoms with Gasteiger partial charge in [0.05, 0.1) is 24.0 Å². The van der Waals surface area contributed by atoms with Gasteiger partial charge in [0.15, 0.2) is 11.2 Å². The number of hydrogen-bond acceptors (Lipinski definition) is 11. The van der Waals surface area contributed by atoms with E-state index in [1.54, 1.807) is 61.9 Å². The number of ether oxygens (including phenoxy) is 2. The van der Waals surface area contributed by atoms with Gasteiger partial charge in [-0.2, -0.15) is 10.1 Å². The molecule has 0 spiro atoms. The summed E-state index contributed by atoms with van der Waals surface area (Å²) in [6.45, 7) is 10.9. The molecule has 1 fully saturated rings. The molecule has 1 aromatic carbocycles. The Hall–Kier alpha value is -4.00. The number of fused-ring (bicyclic) bond motifs is 1. The molecule has 0 amide bonds. The summed E-state index contributed by atoms with van der Waals surface area (Å²) in [6.07, 6.45) is 7.35. The van der Waals surface area contributed by atoms with Crippen LogP contribution in [0.4, 0.5) is 5.95 Å². The molecular weight excluding hydrogens is 639 g/mol. The van der Waals surface area contributed by atoms with Crippen molar-refractivity contribution >= 4 is 43.0 Å². The first-order chi connectivity index (χ1) is 22.7. The number of benzene rings is 1. The lowest BCUT2D eigenvalue weighted by Crippen LogP contribution is -2.36. The second kappa shape index (κ2) is 15.5. The van der Waals surface area contributed by atoms with Gasteiger partial charge in [0.2, 0.25) is 5.95 Å². The average molecular weight is 687 g/mol. The fourth-order valence-corrected chi connectivity index (χ4v) is 6.69. The highest BCUT2D eigenvalue weighted by Crippen LogP contribution is 2.56. The zero-order chi connectivity index (χ0) is 35.1. The molecule has 0 radical (unpaired) electrons. The third-order valence-corrected chi connectivity index (χ3v) is 9.59. The smallest absolute Gasteiger partial charge is 0.459 e. The number of nitrogens with zero attached hydrogens (tertiary/aromatic N) is 3. The highest BCUT2D eigenvalue weighted by Gasteiger charge is 2.53. The largest absolute Gasteiger partial charge is 0.464 e. The number of rotatable bonds is 17. The van der Waals surface area contributed by atoms with E-state index in [0.29, 0.717) is 6.42 Å². The van der Waals surface area contributed by atoms with E-state index in [1.165, 1.54) is 13.3 Å². The monoisotopic (exact) mass is 686 g/mol. The van der Waals surface area contributed by atoms with E-state index in [0.717, 1.165) is 31.3 Å². The normalized spacial score (nSPS) is 18.9. The van der Waals surface area contributed by atoms with Crippen LogP contribution in [0.2, 0.25) is 0 Å². The molecule has 14 nitrogen and oxygen atoms in total. The molecule has 4 N–H and O–H groups in total. The van der Waals surface area contributed by atoms with Gasteiger partial charge in [-0.3, -0.25) is 28.5 Å². The van der Waals surface area contributed by atoms with E-state index in [-0.39, 0.29) is 48.6 Å². The van der Waals surface area contributed by atoms with E-state index in [1.807, 2.05) is 0 Å². The van der Waals surface area contributed by atoms with Crippen LogP contribution in [0.15, 0.2) is 47.0 Å². The third-order valence-electron chi connectivity index (χ3n) is 7.96. The van der Waals surface area contributed by atoms with Gasteiger partial charge in [-0.05, 0) is 70.6 Å². The van der Waals surface area contributed by atoms with Crippen LogP contribution in [-0.2, 0) is 28.2 Å². The molecule has 3 atom stereocenters. The van der Waals surface area contributed by atoms with Gasteiger partial charge in [0.25, 0.3) is 5.56 Å². The molecule has 2 heterocycles. The number of hydrogen-bond donors (Lipinski definition) is 3. The van der Waals surface area contributed by atoms with Gasteiger partial charge in [-0.1, -0.05) is 44.9 Å². The molecule has 1 saturated carbocycles. The van der Waals surface area contributed by atoms with Crippen molar-refractivity contribution in [1.29, 1.82) is 0 Å². The first kappa shape index (κ1) is 36.8. The van der Waals surface area contributed by atoms with E-state index in [2.05, 4.69) is 33.9 Å². The number of aromatic nitrogens is 4. The predicted octanol–water partition coefficient (Wildman–Crippen LogP) is 5.46. The molecule has 262 valence electrons. The molecule has 1 aliphatic rings. The molecular formula is C33H47N6O8P. The van der Waals surface area contributed by atoms with Gasteiger partial charge in [0.1, 0.15) is 24.7 Å². The van der Waals surface area contributed by atoms with Crippen molar-refractivity contribution in [3.8, 4) is 5.75 Å². The molecule has 0 bridgehead atoms. The zero-order valence-corrected chi connectivity index (χ0v) is 29.4. The number of H-pyrrole nitrogens is 1. The Morgan fingerprint density at radius 1 is 1.15 bits per heavy atom. The number of aromatic amines is 1. The number of carbonyl (C=O) groups is 2. The fraction of sp³-hybridized carbons (Fsp3) is 0.545. The summed E-state index contributed by atoms with van der Waals surface area (Å²) in [5.74, 6) is -0.570. The summed E-state index contributed by atoms with van der Waals surface area (Å²) in [6, 6.07) is 7.43. The molecule has 0 saturated heterocycles. The lowest BCUT2D eigenvalue weighted by Gasteiger charge is -2.26. The molecule has 1 aliphatic carbocycles. The number of nitrogens with two attached hydrogens (primary N) is 1. The molecule has 2 unspecified atom stereocenters. The van der Waals surface area contributed by atoms with Crippen molar-refractivity contribution < 1.29 is 32.7 Å². The lowest BCUT2D eigenvalue weighted by atomic mass is 9.97. The summed E-state index contributed by atoms with van der Waals surface area (Å²) in [5, 5.41) is 2.75. The summed E-state index contributed by atoms with van der Waals surface area (Å²) in [4.78, 5) is 48.9. The summed E-state index contributed by atoms with van der Waals surface area (Å²) in [5.41, 5.74) is 4.70. The Kier molecular flexibility index (Phi) is 11.9. The van der Waals surface area contributed by atoms with Crippen LogP contribution in [0.3, 0.4) is 0 Å². The van der Waals surface area contributed by atoms with Crippen molar-refractivity contribution in [3.63, 3.8) is 0 Å². The summed E-state index contributed by atoms with van der Waals surface area (Å²) < 4.78 is 39.1. The van der Waals surface area contributed by atoms with Crippen LogP contribution < -0.4 is 20.9 Å². The first-order valence-electron chi connectivity index (χ1n) is 16.2. The summed E-state index contributed by atoms with van der Waals surface area (Å²) >= 11 is 0. The minimum absolute atomic E-state index is 0.0684. The third kappa shape index (κ3) is 9.55. The maximum absolute atomic E-state index is 14.3. The molecule has 48 heavy (non-hydrogen) atoms. The number of carbonyl (C=O) groups excluding carboxylic acids is 2. The standard InChI is InChI=1S/C33H47N6O8P/c1-7-12-23(13-8-2)18-44-29(41)22(3)38-48(43,47-25-14-10-9-11-15-25)46-20-33(19-45-30(42)32(4,5)6)16-24(33)17-39-21-35-26-27(39)36-31(34)37-28(26)40/h9-11,14-15,17,21-23H,7-8,12-13,16,18-20H2,1-6H3,(H,38,43)(H3,34,36,37,40)/b24-17-/t22-,33?,48?/m0/s1. The van der Waals surface area contributed by atoms with Crippen LogP contribution in [0.1, 0.15) is 73.6 Å². The Morgan fingerprint density at radius 3 is 2.48 bits per heavy atom. The minimum Gasteiger partial charge on any atom is -0.464 e. The SMILES string of the molecule is CCCC(CCC)COC(=O)[C@H](C)NP(=O)(OCC1(COC(=O)C(C)(C)C)C/C1=C/n1cnc2c(=O)[nH]c(N)nc21)Oc1ccccc1. The number of nitrogens with one attached hydrogen (secondary N) is 2. The Balaban J connectivity index is 1.58. The zero-order valence-electron chi connectivity index (χ0n) is 28.5. The maximum Gasteiger partial charge on any atom is 0.459 e. The topological polar surface area (TPSA) is 190 Å². The second-order valence-electron chi connectivity index (χ2n) is 13.3. The van der Waals surface area contributed by atoms with Crippen molar-refractivity contribution in [2.75, 3.05) is 25.6 Å². The van der Waals surface area contributed by atoms with E-state index in [9.17, 15) is 18.9 Å². The van der Waals surface area contributed by atoms with Crippen LogP contribution in [0, 0.1) is 16.7 Å². The van der Waals surface area contributed by atoms with Gasteiger partial charge in [-0.25, -0.2) is 9.55 Å². The molecule has 15 heteroatoms. The van der Waals surface area contributed by atoms with Crippen LogP contribution in [0.25, 0.3) is 17.4 Å². The van der Waals surface area contributed by atoms with E-state index in [4.69, 9.17) is 24.3 Å². The fourth-order valence-electron chi connectivity index (χ4n) is 5.12. The maximum atomic E-state index is 14.3. The number of para-hydroxylation sites is 1. The predicted molar refractivity (Wildman–Crippen MR) is 182 cm³/mol. The Bertz CT molecular complexity index is 1710. The molecule has 2 aromatic heterocycles. The first-order valence-corrected chi connectivity index (χ1v) is 17.8. The Labute approximate surface area is 280 Å². The minimum atomic E-state index is -4.22. The van der Waals surface area contributed by atoms with Crippen molar-refractivity contribution in [2.24, 2.45) is 16.7 Å². The lowest BCUT2D eigenvalue weighted by molar-refractivity contribution is -0.155. The number of esters is 2. The van der Waals surface area contributed by atoms with Crippen molar-refractivity contribution in [2.45, 2.75) is 79.7 Å². The summed E-state index contributed by atoms with van der Waals surface area (Å²) in [7, 11) is -4.22. The van der Waals surface area contributed by atoms with E-state index >= 15 is 0 Å².